The number of carbonyl (C=O) groups is 1. The van der Waals surface area contributed by atoms with Crippen molar-refractivity contribution in [1.29, 1.82) is 0 Å². The largest absolute Gasteiger partial charge is 0.480 e. The molecule has 0 bridgehead atoms. The second-order valence-corrected chi connectivity index (χ2v) is 6.06. The van der Waals surface area contributed by atoms with E-state index in [1.807, 2.05) is 43.7 Å². The number of rotatable bonds is 6. The first-order valence-electron chi connectivity index (χ1n) is 6.95. The molecule has 6 heteroatoms. The average molecular weight is 310 g/mol. The topological polar surface area (TPSA) is 67.2 Å². The zero-order valence-electron chi connectivity index (χ0n) is 12.4. The summed E-state index contributed by atoms with van der Waals surface area (Å²) in [4.78, 5) is 15.8. The van der Waals surface area contributed by atoms with E-state index in [-0.39, 0.29) is 0 Å². The second-order valence-electron chi connectivity index (χ2n) is 5.62. The lowest BCUT2D eigenvalue weighted by Gasteiger charge is -2.16. The van der Waals surface area contributed by atoms with Gasteiger partial charge in [-0.05, 0) is 30.5 Å². The third kappa shape index (κ3) is 3.74. The van der Waals surface area contributed by atoms with Crippen LogP contribution < -0.4 is 5.32 Å². The van der Waals surface area contributed by atoms with Gasteiger partial charge in [0.1, 0.15) is 11.9 Å². The van der Waals surface area contributed by atoms with E-state index >= 15 is 0 Å². The number of imidazole rings is 1. The highest BCUT2D eigenvalue weighted by Gasteiger charge is 2.19. The van der Waals surface area contributed by atoms with Crippen LogP contribution in [0, 0.1) is 5.92 Å². The minimum Gasteiger partial charge on any atom is -0.480 e. The predicted molar refractivity (Wildman–Crippen MR) is 83.4 cm³/mol. The van der Waals surface area contributed by atoms with Crippen molar-refractivity contribution in [3.8, 4) is 0 Å². The van der Waals surface area contributed by atoms with Gasteiger partial charge in [0, 0.05) is 12.1 Å². The van der Waals surface area contributed by atoms with E-state index in [9.17, 15) is 9.90 Å². The number of hydrogen-bond acceptors (Lipinski definition) is 3. The van der Waals surface area contributed by atoms with E-state index in [4.69, 9.17) is 11.6 Å². The molecular weight excluding hydrogens is 290 g/mol. The Morgan fingerprint density at radius 2 is 2.19 bits per heavy atom. The molecule has 0 aliphatic rings. The third-order valence-corrected chi connectivity index (χ3v) is 3.68. The van der Waals surface area contributed by atoms with Crippen LogP contribution in [0.2, 0.25) is 5.02 Å². The molecule has 2 aromatic rings. The van der Waals surface area contributed by atoms with E-state index in [0.29, 0.717) is 23.9 Å². The number of fused-ring (bicyclic) bond motifs is 1. The number of benzene rings is 1. The summed E-state index contributed by atoms with van der Waals surface area (Å²) in [6, 6.07) is 4.98. The molecule has 1 aromatic heterocycles. The van der Waals surface area contributed by atoms with Crippen molar-refractivity contribution < 1.29 is 9.90 Å². The monoisotopic (exact) mass is 309 g/mol. The summed E-state index contributed by atoms with van der Waals surface area (Å²) in [6.07, 6.45) is 0.588. The summed E-state index contributed by atoms with van der Waals surface area (Å²) in [5.41, 5.74) is 1.80. The molecule has 0 saturated heterocycles. The summed E-state index contributed by atoms with van der Waals surface area (Å²) in [5.74, 6) is 0.283. The molecule has 1 heterocycles. The molecule has 0 aliphatic heterocycles. The zero-order chi connectivity index (χ0) is 15.6. The van der Waals surface area contributed by atoms with Crippen molar-refractivity contribution in [3.05, 3.63) is 29.0 Å². The molecule has 114 valence electrons. The van der Waals surface area contributed by atoms with Crippen LogP contribution in [-0.4, -0.2) is 26.7 Å². The Balaban J connectivity index is 2.15. The maximum absolute atomic E-state index is 11.3. The molecule has 0 saturated carbocycles. The molecule has 1 unspecified atom stereocenters. The van der Waals surface area contributed by atoms with Crippen LogP contribution in [0.4, 0.5) is 0 Å². The molecule has 0 aliphatic carbocycles. The maximum atomic E-state index is 11.3. The number of nitrogens with one attached hydrogen (secondary N) is 1. The fourth-order valence-corrected chi connectivity index (χ4v) is 2.50. The third-order valence-electron chi connectivity index (χ3n) is 3.45. The van der Waals surface area contributed by atoms with Crippen LogP contribution in [-0.2, 0) is 18.4 Å². The number of aromatic nitrogens is 2. The average Bonchev–Trinajstić information content (AvgIpc) is 2.70. The number of carboxylic acids is 1. The lowest BCUT2D eigenvalue weighted by Crippen LogP contribution is -2.37. The van der Waals surface area contributed by atoms with Crippen LogP contribution in [0.25, 0.3) is 11.0 Å². The quantitative estimate of drug-likeness (QED) is 0.861. The zero-order valence-corrected chi connectivity index (χ0v) is 13.2. The molecule has 2 rings (SSSR count). The molecule has 0 spiro atoms. The van der Waals surface area contributed by atoms with E-state index in [2.05, 4.69) is 10.3 Å². The Bertz CT molecular complexity index is 652. The Kier molecular flexibility index (Phi) is 4.85. The molecule has 1 aromatic carbocycles. The van der Waals surface area contributed by atoms with E-state index in [1.54, 1.807) is 0 Å². The normalized spacial score (nSPS) is 13.0. The minimum atomic E-state index is -0.828. The summed E-state index contributed by atoms with van der Waals surface area (Å²) in [6.45, 7) is 4.43. The van der Waals surface area contributed by atoms with E-state index in [1.165, 1.54) is 0 Å². The van der Waals surface area contributed by atoms with Crippen molar-refractivity contribution in [2.24, 2.45) is 13.0 Å². The number of hydrogen-bond donors (Lipinski definition) is 2. The summed E-state index contributed by atoms with van der Waals surface area (Å²) in [5, 5.41) is 12.9. The summed E-state index contributed by atoms with van der Waals surface area (Å²) in [7, 11) is 1.92. The lowest BCUT2D eigenvalue weighted by atomic mass is 10.0. The van der Waals surface area contributed by atoms with Crippen molar-refractivity contribution >= 4 is 28.6 Å². The van der Waals surface area contributed by atoms with E-state index < -0.39 is 12.0 Å². The molecule has 1 atom stereocenters. The second kappa shape index (κ2) is 6.45. The van der Waals surface area contributed by atoms with Crippen molar-refractivity contribution in [3.63, 3.8) is 0 Å². The van der Waals surface area contributed by atoms with Crippen LogP contribution >= 0.6 is 11.6 Å². The number of aryl methyl sites for hydroxylation is 1. The fourth-order valence-electron chi connectivity index (χ4n) is 2.34. The SMILES string of the molecule is CC(C)CC(NCc1nc2cc(Cl)ccc2n1C)C(=O)O. The number of nitrogens with zero attached hydrogens (tertiary/aromatic N) is 2. The van der Waals surface area contributed by atoms with Gasteiger partial charge in [0.2, 0.25) is 0 Å². The highest BCUT2D eigenvalue weighted by Crippen LogP contribution is 2.19. The molecule has 21 heavy (non-hydrogen) atoms. The highest BCUT2D eigenvalue weighted by atomic mass is 35.5. The molecule has 0 amide bonds. The van der Waals surface area contributed by atoms with Crippen LogP contribution in [0.5, 0.6) is 0 Å². The lowest BCUT2D eigenvalue weighted by molar-refractivity contribution is -0.140. The van der Waals surface area contributed by atoms with Gasteiger partial charge in [0.15, 0.2) is 0 Å². The Hall–Kier alpha value is -1.59. The maximum Gasteiger partial charge on any atom is 0.320 e. The van der Waals surface area contributed by atoms with Crippen LogP contribution in [0.15, 0.2) is 18.2 Å². The summed E-state index contributed by atoms with van der Waals surface area (Å²) >= 11 is 5.96. The number of aliphatic carboxylic acids is 1. The van der Waals surface area contributed by atoms with Crippen molar-refractivity contribution in [1.82, 2.24) is 14.9 Å². The van der Waals surface area contributed by atoms with Gasteiger partial charge < -0.3 is 9.67 Å². The van der Waals surface area contributed by atoms with Crippen LogP contribution in [0.3, 0.4) is 0 Å². The highest BCUT2D eigenvalue weighted by molar-refractivity contribution is 6.31. The molecule has 5 nitrogen and oxygen atoms in total. The van der Waals surface area contributed by atoms with Gasteiger partial charge in [-0.3, -0.25) is 10.1 Å². The number of carboxylic acid groups (broad SMARTS) is 1. The van der Waals surface area contributed by atoms with Gasteiger partial charge in [0.05, 0.1) is 17.6 Å². The Morgan fingerprint density at radius 3 is 2.81 bits per heavy atom. The van der Waals surface area contributed by atoms with Crippen LogP contribution in [0.1, 0.15) is 26.1 Å². The van der Waals surface area contributed by atoms with Gasteiger partial charge in [0.25, 0.3) is 0 Å². The van der Waals surface area contributed by atoms with Crippen molar-refractivity contribution in [2.75, 3.05) is 0 Å². The van der Waals surface area contributed by atoms with Crippen molar-refractivity contribution in [2.45, 2.75) is 32.9 Å². The molecular formula is C15H20ClN3O2. The first kappa shape index (κ1) is 15.8. The first-order valence-corrected chi connectivity index (χ1v) is 7.33. The minimum absolute atomic E-state index is 0.317. The fraction of sp³-hybridized carbons (Fsp3) is 0.467. The van der Waals surface area contributed by atoms with E-state index in [0.717, 1.165) is 16.9 Å². The van der Waals surface area contributed by atoms with Gasteiger partial charge in [-0.2, -0.15) is 0 Å². The Morgan fingerprint density at radius 1 is 1.48 bits per heavy atom. The standard InChI is InChI=1S/C15H20ClN3O2/c1-9(2)6-12(15(20)21)17-8-14-18-11-7-10(16)4-5-13(11)19(14)3/h4-5,7,9,12,17H,6,8H2,1-3H3,(H,20,21). The van der Waals surface area contributed by atoms with Gasteiger partial charge in [-0.25, -0.2) is 4.98 Å². The predicted octanol–water partition coefficient (Wildman–Crippen LogP) is 2.82. The van der Waals surface area contributed by atoms with Gasteiger partial charge in [-0.1, -0.05) is 25.4 Å². The molecule has 0 fully saturated rings. The number of halogens is 1. The van der Waals surface area contributed by atoms with Gasteiger partial charge >= 0.3 is 5.97 Å². The smallest absolute Gasteiger partial charge is 0.320 e. The summed E-state index contributed by atoms with van der Waals surface area (Å²) < 4.78 is 1.95. The molecule has 2 N–H and O–H groups in total. The molecule has 0 radical (unpaired) electrons. The Labute approximate surface area is 128 Å². The van der Waals surface area contributed by atoms with Gasteiger partial charge in [-0.15, -0.1) is 0 Å². The first-order chi connectivity index (χ1) is 9.88.